The van der Waals surface area contributed by atoms with Gasteiger partial charge in [-0.15, -0.1) is 0 Å². The first kappa shape index (κ1) is 18.0. The third-order valence-electron chi connectivity index (χ3n) is 4.59. The number of phenolic OH excluding ortho intramolecular Hbond substituents is 1. The summed E-state index contributed by atoms with van der Waals surface area (Å²) in [5.41, 5.74) is 0.559. The van der Waals surface area contributed by atoms with Gasteiger partial charge in [0.25, 0.3) is 0 Å². The van der Waals surface area contributed by atoms with Gasteiger partial charge in [0.2, 0.25) is 0 Å². The van der Waals surface area contributed by atoms with Gasteiger partial charge in [0.05, 0.1) is 13.2 Å². The molecular weight excluding hydrogens is 332 g/mol. The zero-order valence-corrected chi connectivity index (χ0v) is 15.0. The lowest BCUT2D eigenvalue weighted by Crippen LogP contribution is -2.46. The molecule has 3 rings (SSSR count). The van der Waals surface area contributed by atoms with Crippen LogP contribution in [0, 0.1) is 0 Å². The Morgan fingerprint density at radius 1 is 1.31 bits per heavy atom. The number of aliphatic hydroxyl groups excluding tert-OH is 1. The molecule has 1 heterocycles. The molecule has 2 aromatic carbocycles. The van der Waals surface area contributed by atoms with Crippen molar-refractivity contribution in [2.75, 3.05) is 7.11 Å². The Morgan fingerprint density at radius 3 is 2.65 bits per heavy atom. The van der Waals surface area contributed by atoms with E-state index in [0.29, 0.717) is 11.3 Å². The van der Waals surface area contributed by atoms with Crippen molar-refractivity contribution in [3.8, 4) is 17.2 Å². The smallest absolute Gasteiger partial charge is 0.193 e. The van der Waals surface area contributed by atoms with Crippen LogP contribution in [0.1, 0.15) is 35.3 Å². The predicted molar refractivity (Wildman–Crippen MR) is 98.9 cm³/mol. The van der Waals surface area contributed by atoms with Gasteiger partial charge >= 0.3 is 0 Å². The second-order valence-corrected chi connectivity index (χ2v) is 6.81. The number of rotatable bonds is 4. The van der Waals surface area contributed by atoms with Gasteiger partial charge < -0.3 is 19.7 Å². The number of carbonyl (C=O) groups is 1. The molecule has 5 heteroatoms. The third kappa shape index (κ3) is 3.30. The van der Waals surface area contributed by atoms with Gasteiger partial charge in [0, 0.05) is 18.1 Å². The van der Waals surface area contributed by atoms with Crippen LogP contribution in [0.4, 0.5) is 0 Å². The number of hydrogen-bond donors (Lipinski definition) is 2. The van der Waals surface area contributed by atoms with Crippen molar-refractivity contribution in [1.29, 1.82) is 0 Å². The Labute approximate surface area is 152 Å². The highest BCUT2D eigenvalue weighted by Gasteiger charge is 2.38. The minimum absolute atomic E-state index is 0.0638. The molecule has 2 aromatic rings. The van der Waals surface area contributed by atoms with E-state index in [2.05, 4.69) is 0 Å². The fraction of sp³-hybridized carbons (Fsp3) is 0.286. The number of aromatic hydroxyl groups is 1. The van der Waals surface area contributed by atoms with Crippen LogP contribution in [0.15, 0.2) is 42.5 Å². The van der Waals surface area contributed by atoms with Crippen molar-refractivity contribution in [2.24, 2.45) is 0 Å². The number of methoxy groups -OCH3 is 1. The molecule has 0 fully saturated rings. The summed E-state index contributed by atoms with van der Waals surface area (Å²) in [6.07, 6.45) is 2.47. The maximum atomic E-state index is 12.7. The minimum Gasteiger partial charge on any atom is -0.507 e. The zero-order valence-electron chi connectivity index (χ0n) is 15.0. The lowest BCUT2D eigenvalue weighted by Gasteiger charge is -2.37. The average molecular weight is 354 g/mol. The molecule has 0 bridgehead atoms. The fourth-order valence-electron chi connectivity index (χ4n) is 2.96. The molecule has 1 aliphatic rings. The number of ketones is 1. The van der Waals surface area contributed by atoms with Gasteiger partial charge in [-0.25, -0.2) is 0 Å². The molecule has 0 saturated heterocycles. The number of fused-ring (bicyclic) bond motifs is 1. The number of allylic oxidation sites excluding steroid dienone is 1. The van der Waals surface area contributed by atoms with Crippen molar-refractivity contribution in [2.45, 2.75) is 32.0 Å². The van der Waals surface area contributed by atoms with Gasteiger partial charge in [-0.1, -0.05) is 36.4 Å². The van der Waals surface area contributed by atoms with Crippen molar-refractivity contribution in [3.05, 3.63) is 59.2 Å². The summed E-state index contributed by atoms with van der Waals surface area (Å²) in [5.74, 6) is 0.0522. The first-order valence-corrected chi connectivity index (χ1v) is 8.41. The normalized spacial score (nSPS) is 18.2. The highest BCUT2D eigenvalue weighted by atomic mass is 16.5. The van der Waals surface area contributed by atoms with Crippen LogP contribution in [-0.4, -0.2) is 34.8 Å². The number of hydrogen-bond acceptors (Lipinski definition) is 5. The topological polar surface area (TPSA) is 76.0 Å². The molecular formula is C21H22O5. The molecule has 0 radical (unpaired) electrons. The number of carbonyl (C=O) groups excluding carboxylic acids is 1. The van der Waals surface area contributed by atoms with Crippen LogP contribution >= 0.6 is 0 Å². The Bertz CT molecular complexity index is 852. The number of ether oxygens (including phenoxy) is 2. The summed E-state index contributed by atoms with van der Waals surface area (Å²) in [6, 6.07) is 11.0. The van der Waals surface area contributed by atoms with Crippen LogP contribution < -0.4 is 9.47 Å². The lowest BCUT2D eigenvalue weighted by molar-refractivity contribution is -0.0418. The van der Waals surface area contributed by atoms with Gasteiger partial charge in [-0.2, -0.15) is 0 Å². The second kappa shape index (κ2) is 6.84. The molecule has 0 saturated carbocycles. The van der Waals surface area contributed by atoms with Crippen molar-refractivity contribution >= 4 is 11.9 Å². The average Bonchev–Trinajstić information content (AvgIpc) is 2.62. The Morgan fingerprint density at radius 2 is 2.00 bits per heavy atom. The monoisotopic (exact) mass is 354 g/mol. The molecule has 0 aromatic heterocycles. The molecule has 5 nitrogen and oxygen atoms in total. The Balaban J connectivity index is 2.01. The van der Waals surface area contributed by atoms with E-state index in [1.54, 1.807) is 26.0 Å². The zero-order chi connectivity index (χ0) is 18.9. The summed E-state index contributed by atoms with van der Waals surface area (Å²) < 4.78 is 11.1. The van der Waals surface area contributed by atoms with E-state index >= 15 is 0 Å². The minimum atomic E-state index is -0.794. The number of benzene rings is 2. The third-order valence-corrected chi connectivity index (χ3v) is 4.59. The molecule has 0 amide bonds. The largest absolute Gasteiger partial charge is 0.507 e. The van der Waals surface area contributed by atoms with Crippen molar-refractivity contribution in [1.82, 2.24) is 0 Å². The molecule has 1 aliphatic heterocycles. The molecule has 26 heavy (non-hydrogen) atoms. The predicted octanol–water partition coefficient (Wildman–Crippen LogP) is 3.37. The van der Waals surface area contributed by atoms with E-state index < -0.39 is 11.7 Å². The SMILES string of the molecule is COc1cc2c(c(O)c1C(=O)/C=C/c1ccccc1)CC(O)C(C)(C)O2. The van der Waals surface area contributed by atoms with Crippen LogP contribution in [0.25, 0.3) is 6.08 Å². The maximum absolute atomic E-state index is 12.7. The van der Waals surface area contributed by atoms with Crippen molar-refractivity contribution < 1.29 is 24.5 Å². The number of aliphatic hydroxyl groups is 1. The molecule has 1 atom stereocenters. The molecule has 1 unspecified atom stereocenters. The van der Waals surface area contributed by atoms with Crippen LogP contribution in [0.3, 0.4) is 0 Å². The molecule has 0 aliphatic carbocycles. The Hall–Kier alpha value is -2.79. The van der Waals surface area contributed by atoms with Crippen LogP contribution in [-0.2, 0) is 6.42 Å². The first-order valence-electron chi connectivity index (χ1n) is 8.41. The summed E-state index contributed by atoms with van der Waals surface area (Å²) >= 11 is 0. The highest BCUT2D eigenvalue weighted by molar-refractivity contribution is 6.11. The van der Waals surface area contributed by atoms with E-state index in [9.17, 15) is 15.0 Å². The van der Waals surface area contributed by atoms with E-state index in [1.807, 2.05) is 30.3 Å². The highest BCUT2D eigenvalue weighted by Crippen LogP contribution is 2.44. The summed E-state index contributed by atoms with van der Waals surface area (Å²) in [6.45, 7) is 3.54. The van der Waals surface area contributed by atoms with Gasteiger partial charge in [0.15, 0.2) is 5.78 Å². The molecule has 0 spiro atoms. The first-order chi connectivity index (χ1) is 12.3. The summed E-state index contributed by atoms with van der Waals surface area (Å²) in [7, 11) is 1.43. The van der Waals surface area contributed by atoms with Crippen molar-refractivity contribution in [3.63, 3.8) is 0 Å². The molecule has 2 N–H and O–H groups in total. The fourth-order valence-corrected chi connectivity index (χ4v) is 2.96. The Kier molecular flexibility index (Phi) is 4.74. The van der Waals surface area contributed by atoms with Crippen LogP contribution in [0.5, 0.6) is 17.2 Å². The van der Waals surface area contributed by atoms with E-state index in [1.165, 1.54) is 13.2 Å². The second-order valence-electron chi connectivity index (χ2n) is 6.81. The molecule has 136 valence electrons. The number of phenols is 1. The summed E-state index contributed by atoms with van der Waals surface area (Å²) in [5, 5.41) is 20.9. The van der Waals surface area contributed by atoms with E-state index in [-0.39, 0.29) is 29.3 Å². The standard InChI is InChI=1S/C21H22O5/c1-21(2)18(23)11-14-16(26-21)12-17(25-3)19(20(14)24)15(22)10-9-13-7-5-4-6-8-13/h4-10,12,18,23-24H,11H2,1-3H3/b10-9+. The van der Waals surface area contributed by atoms with E-state index in [0.717, 1.165) is 5.56 Å². The maximum Gasteiger partial charge on any atom is 0.193 e. The quantitative estimate of drug-likeness (QED) is 0.650. The van der Waals surface area contributed by atoms with Gasteiger partial charge in [-0.3, -0.25) is 4.79 Å². The summed E-state index contributed by atoms with van der Waals surface area (Å²) in [4.78, 5) is 12.7. The lowest BCUT2D eigenvalue weighted by atomic mass is 9.89. The van der Waals surface area contributed by atoms with Crippen LogP contribution in [0.2, 0.25) is 0 Å². The van der Waals surface area contributed by atoms with Gasteiger partial charge in [0.1, 0.15) is 28.4 Å². The van der Waals surface area contributed by atoms with E-state index in [4.69, 9.17) is 9.47 Å². The van der Waals surface area contributed by atoms with Gasteiger partial charge in [-0.05, 0) is 25.5 Å².